The van der Waals surface area contributed by atoms with Gasteiger partial charge in [-0.1, -0.05) is 22.9 Å². The van der Waals surface area contributed by atoms with E-state index in [-0.39, 0.29) is 17.0 Å². The average Bonchev–Trinajstić information content (AvgIpc) is 3.39. The fraction of sp³-hybridized carbons (Fsp3) is 0.150. The number of carbonyl (C=O) groups is 1. The molecule has 0 unspecified atom stereocenters. The van der Waals surface area contributed by atoms with Gasteiger partial charge >= 0.3 is 0 Å². The lowest BCUT2D eigenvalue weighted by atomic mass is 10.1. The van der Waals surface area contributed by atoms with E-state index in [0.29, 0.717) is 28.3 Å². The molecule has 0 spiro atoms. The van der Waals surface area contributed by atoms with Crippen LogP contribution in [0.5, 0.6) is 0 Å². The van der Waals surface area contributed by atoms with Gasteiger partial charge in [0.2, 0.25) is 5.88 Å². The Balaban J connectivity index is 1.80. The molecular formula is C20H15ClN4O2S. The molecule has 3 aromatic heterocycles. The number of nitrogens with zero attached hydrogens (tertiary/aromatic N) is 4. The van der Waals surface area contributed by atoms with Crippen molar-refractivity contribution < 1.29 is 9.21 Å². The van der Waals surface area contributed by atoms with Crippen LogP contribution < -0.4 is 4.90 Å². The molecule has 0 saturated heterocycles. The number of amides is 1. The van der Waals surface area contributed by atoms with Crippen LogP contribution in [0.3, 0.4) is 0 Å². The Labute approximate surface area is 170 Å². The lowest BCUT2D eigenvalue weighted by Gasteiger charge is -2.17. The van der Waals surface area contributed by atoms with Gasteiger partial charge in [-0.25, -0.2) is 4.98 Å². The second-order valence-corrected chi connectivity index (χ2v) is 7.52. The Hall–Kier alpha value is -3.08. The van der Waals surface area contributed by atoms with Crippen molar-refractivity contribution in [2.75, 3.05) is 11.4 Å². The van der Waals surface area contributed by atoms with Gasteiger partial charge in [0, 0.05) is 24.0 Å². The van der Waals surface area contributed by atoms with E-state index < -0.39 is 0 Å². The Morgan fingerprint density at radius 1 is 1.39 bits per heavy atom. The number of thiazole rings is 1. The number of halogens is 1. The summed E-state index contributed by atoms with van der Waals surface area (Å²) in [5, 5.41) is 10.9. The number of hydrogen-bond acceptors (Lipinski definition) is 5. The van der Waals surface area contributed by atoms with Gasteiger partial charge in [-0.2, -0.15) is 5.26 Å². The summed E-state index contributed by atoms with van der Waals surface area (Å²) in [7, 11) is 0. The maximum absolute atomic E-state index is 13.3. The van der Waals surface area contributed by atoms with E-state index in [1.54, 1.807) is 40.9 Å². The highest BCUT2D eigenvalue weighted by Crippen LogP contribution is 2.33. The summed E-state index contributed by atoms with van der Waals surface area (Å²) in [5.74, 6) is 0.414. The summed E-state index contributed by atoms with van der Waals surface area (Å²) < 4.78 is 8.38. The van der Waals surface area contributed by atoms with Gasteiger partial charge < -0.3 is 4.42 Å². The Morgan fingerprint density at radius 3 is 2.82 bits per heavy atom. The third kappa shape index (κ3) is 2.97. The first-order chi connectivity index (χ1) is 13.5. The van der Waals surface area contributed by atoms with Crippen molar-refractivity contribution in [3.63, 3.8) is 0 Å². The van der Waals surface area contributed by atoms with E-state index in [0.717, 1.165) is 10.2 Å². The zero-order chi connectivity index (χ0) is 19.8. The number of benzene rings is 1. The maximum Gasteiger partial charge on any atom is 0.265 e. The van der Waals surface area contributed by atoms with Crippen molar-refractivity contribution >= 4 is 44.2 Å². The molecule has 0 fully saturated rings. The molecule has 0 aliphatic carbocycles. The van der Waals surface area contributed by atoms with Gasteiger partial charge in [-0.15, -0.1) is 0 Å². The Kier molecular flexibility index (Phi) is 4.67. The van der Waals surface area contributed by atoms with Crippen molar-refractivity contribution in [1.29, 1.82) is 5.26 Å². The minimum absolute atomic E-state index is 0.210. The van der Waals surface area contributed by atoms with Crippen LogP contribution in [0.4, 0.5) is 5.13 Å². The van der Waals surface area contributed by atoms with Crippen molar-refractivity contribution in [2.24, 2.45) is 0 Å². The predicted octanol–water partition coefficient (Wildman–Crippen LogP) is 5.18. The van der Waals surface area contributed by atoms with E-state index in [2.05, 4.69) is 11.1 Å². The quantitative estimate of drug-likeness (QED) is 0.464. The minimum atomic E-state index is -0.316. The second-order valence-electron chi connectivity index (χ2n) is 6.07. The minimum Gasteiger partial charge on any atom is -0.443 e. The average molecular weight is 411 g/mol. The molecule has 0 radical (unpaired) electrons. The number of aryl methyl sites for hydroxylation is 1. The molecule has 0 saturated carbocycles. The number of anilines is 1. The van der Waals surface area contributed by atoms with Crippen LogP contribution in [0.1, 0.15) is 28.6 Å². The number of rotatable bonds is 4. The fourth-order valence-electron chi connectivity index (χ4n) is 3.05. The van der Waals surface area contributed by atoms with Crippen LogP contribution in [-0.4, -0.2) is 22.0 Å². The van der Waals surface area contributed by atoms with Gasteiger partial charge in [0.1, 0.15) is 23.0 Å². The van der Waals surface area contributed by atoms with Crippen LogP contribution in [-0.2, 0) is 0 Å². The molecule has 6 nitrogen and oxygen atoms in total. The first kappa shape index (κ1) is 18.3. The molecule has 0 aliphatic heterocycles. The Morgan fingerprint density at radius 2 is 2.14 bits per heavy atom. The van der Waals surface area contributed by atoms with E-state index in [1.165, 1.54) is 11.3 Å². The summed E-state index contributed by atoms with van der Waals surface area (Å²) in [5.41, 5.74) is 1.20. The summed E-state index contributed by atoms with van der Waals surface area (Å²) >= 11 is 7.45. The van der Waals surface area contributed by atoms with Crippen LogP contribution in [0.25, 0.3) is 16.1 Å². The highest BCUT2D eigenvalue weighted by molar-refractivity contribution is 7.22. The third-order valence-corrected chi connectivity index (χ3v) is 5.66. The first-order valence-corrected chi connectivity index (χ1v) is 9.77. The van der Waals surface area contributed by atoms with Gasteiger partial charge in [0.05, 0.1) is 10.2 Å². The normalized spacial score (nSPS) is 10.9. The summed E-state index contributed by atoms with van der Waals surface area (Å²) in [6.45, 7) is 3.96. The van der Waals surface area contributed by atoms with Crippen LogP contribution in [0.15, 0.2) is 47.1 Å². The van der Waals surface area contributed by atoms with Gasteiger partial charge in [-0.05, 0) is 44.2 Å². The molecule has 8 heteroatoms. The van der Waals surface area contributed by atoms with Gasteiger partial charge in [-0.3, -0.25) is 14.3 Å². The molecule has 0 bridgehead atoms. The molecule has 1 aromatic carbocycles. The first-order valence-electron chi connectivity index (χ1n) is 8.58. The number of furan rings is 1. The summed E-state index contributed by atoms with van der Waals surface area (Å²) in [6, 6.07) is 11.2. The number of nitriles is 1. The molecule has 28 heavy (non-hydrogen) atoms. The number of hydrogen-bond donors (Lipinski definition) is 0. The summed E-state index contributed by atoms with van der Waals surface area (Å²) in [6.07, 6.45) is 3.53. The van der Waals surface area contributed by atoms with Crippen molar-refractivity contribution in [2.45, 2.75) is 13.8 Å². The van der Waals surface area contributed by atoms with E-state index in [4.69, 9.17) is 16.0 Å². The molecular weight excluding hydrogens is 396 g/mol. The highest BCUT2D eigenvalue weighted by atomic mass is 35.5. The van der Waals surface area contributed by atoms with Gasteiger partial charge in [0.15, 0.2) is 5.13 Å². The van der Waals surface area contributed by atoms with E-state index in [9.17, 15) is 10.1 Å². The topological polar surface area (TPSA) is 75.1 Å². The monoisotopic (exact) mass is 410 g/mol. The lowest BCUT2D eigenvalue weighted by Crippen LogP contribution is -2.31. The molecule has 140 valence electrons. The van der Waals surface area contributed by atoms with Crippen LogP contribution in [0.2, 0.25) is 5.02 Å². The van der Waals surface area contributed by atoms with Crippen molar-refractivity contribution in [3.8, 4) is 12.0 Å². The standard InChI is InChI=1S/C20H15ClN4O2S/c1-3-25(20-23-15-10-13(21)6-7-16(15)28-20)18(26)17-12(2)27-19(14(17)11-22)24-8-4-5-9-24/h4-10H,3H2,1-2H3. The lowest BCUT2D eigenvalue weighted by molar-refractivity contribution is 0.0986. The zero-order valence-corrected chi connectivity index (χ0v) is 16.7. The molecule has 4 rings (SSSR count). The molecule has 4 aromatic rings. The SMILES string of the molecule is CCN(C(=O)c1c(C)oc(-n2cccc2)c1C#N)c1nc2cc(Cl)ccc2s1. The maximum atomic E-state index is 13.3. The predicted molar refractivity (Wildman–Crippen MR) is 109 cm³/mol. The number of carbonyl (C=O) groups excluding carboxylic acids is 1. The largest absolute Gasteiger partial charge is 0.443 e. The van der Waals surface area contributed by atoms with E-state index >= 15 is 0 Å². The van der Waals surface area contributed by atoms with Gasteiger partial charge in [0.25, 0.3) is 5.91 Å². The smallest absolute Gasteiger partial charge is 0.265 e. The molecule has 3 heterocycles. The molecule has 0 N–H and O–H groups in total. The van der Waals surface area contributed by atoms with Crippen LogP contribution in [0, 0.1) is 18.3 Å². The zero-order valence-electron chi connectivity index (χ0n) is 15.1. The van der Waals surface area contributed by atoms with Crippen molar-refractivity contribution in [3.05, 3.63) is 64.6 Å². The highest BCUT2D eigenvalue weighted by Gasteiger charge is 2.29. The van der Waals surface area contributed by atoms with E-state index in [1.807, 2.05) is 25.1 Å². The second kappa shape index (κ2) is 7.15. The number of fused-ring (bicyclic) bond motifs is 1. The molecule has 0 aliphatic rings. The molecule has 0 atom stereocenters. The molecule has 1 amide bonds. The van der Waals surface area contributed by atoms with Crippen molar-refractivity contribution in [1.82, 2.24) is 9.55 Å². The summed E-state index contributed by atoms with van der Waals surface area (Å²) in [4.78, 5) is 19.5. The Bertz CT molecular complexity index is 1220. The third-order valence-electron chi connectivity index (χ3n) is 4.36. The number of aromatic nitrogens is 2. The van der Waals surface area contributed by atoms with Crippen LogP contribution >= 0.6 is 22.9 Å². The fourth-order valence-corrected chi connectivity index (χ4v) is 4.22.